The third kappa shape index (κ3) is 3.94. The first-order chi connectivity index (χ1) is 11.1. The first kappa shape index (κ1) is 15.2. The highest BCUT2D eigenvalue weighted by Gasteiger charge is 2.05. The number of benzene rings is 2. The van der Waals surface area contributed by atoms with Crippen molar-refractivity contribution in [3.63, 3.8) is 0 Å². The first-order valence-electron chi connectivity index (χ1n) is 7.47. The van der Waals surface area contributed by atoms with Crippen LogP contribution >= 0.6 is 0 Å². The minimum Gasteiger partial charge on any atom is -0.441 e. The Kier molecular flexibility index (Phi) is 4.37. The molecule has 1 N–H and O–H groups in total. The molecule has 0 fully saturated rings. The molecule has 5 heteroatoms. The second-order valence-corrected chi connectivity index (χ2v) is 5.44. The van der Waals surface area contributed by atoms with Crippen molar-refractivity contribution < 1.29 is 13.6 Å². The van der Waals surface area contributed by atoms with E-state index in [2.05, 4.69) is 10.3 Å². The third-order valence-corrected chi connectivity index (χ3v) is 3.57. The number of fused-ring (bicyclic) bond motifs is 1. The highest BCUT2D eigenvalue weighted by molar-refractivity contribution is 5.78. The maximum Gasteiger partial charge on any atom is 0.224 e. The molecule has 0 saturated heterocycles. The van der Waals surface area contributed by atoms with Crippen LogP contribution in [0.15, 0.2) is 46.9 Å². The van der Waals surface area contributed by atoms with Gasteiger partial charge in [-0.3, -0.25) is 4.79 Å². The van der Waals surface area contributed by atoms with Crippen molar-refractivity contribution in [1.29, 1.82) is 0 Å². The van der Waals surface area contributed by atoms with E-state index in [1.807, 2.05) is 25.1 Å². The molecule has 1 amide bonds. The summed E-state index contributed by atoms with van der Waals surface area (Å²) in [7, 11) is 0. The molecule has 3 aromatic rings. The van der Waals surface area contributed by atoms with Gasteiger partial charge in [0.25, 0.3) is 0 Å². The van der Waals surface area contributed by atoms with Crippen molar-refractivity contribution in [3.8, 4) is 0 Å². The van der Waals surface area contributed by atoms with Crippen LogP contribution in [-0.4, -0.2) is 17.4 Å². The van der Waals surface area contributed by atoms with Gasteiger partial charge in [-0.15, -0.1) is 0 Å². The molecule has 118 valence electrons. The number of oxazole rings is 1. The molecule has 0 spiro atoms. The van der Waals surface area contributed by atoms with Crippen molar-refractivity contribution >= 4 is 17.0 Å². The molecule has 0 aliphatic rings. The van der Waals surface area contributed by atoms with Gasteiger partial charge in [-0.25, -0.2) is 9.37 Å². The van der Waals surface area contributed by atoms with Gasteiger partial charge in [0.05, 0.1) is 6.42 Å². The number of carbonyl (C=O) groups excluding carboxylic acids is 1. The van der Waals surface area contributed by atoms with E-state index in [4.69, 9.17) is 4.42 Å². The Labute approximate surface area is 133 Å². The Balaban J connectivity index is 1.51. The normalized spacial score (nSPS) is 10.9. The predicted molar refractivity (Wildman–Crippen MR) is 85.6 cm³/mol. The molecular weight excluding hydrogens is 295 g/mol. The third-order valence-electron chi connectivity index (χ3n) is 3.57. The standard InChI is InChI=1S/C18H17FN2O2/c1-12-21-16-10-14(4-7-17(16)23-12)8-9-20-18(22)11-13-2-5-15(19)6-3-13/h2-7,10H,8-9,11H2,1H3,(H,20,22). The van der Waals surface area contributed by atoms with Gasteiger partial charge < -0.3 is 9.73 Å². The molecule has 0 radical (unpaired) electrons. The molecule has 0 atom stereocenters. The highest BCUT2D eigenvalue weighted by atomic mass is 19.1. The summed E-state index contributed by atoms with van der Waals surface area (Å²) in [6.07, 6.45) is 0.971. The van der Waals surface area contributed by atoms with E-state index >= 15 is 0 Å². The van der Waals surface area contributed by atoms with Crippen molar-refractivity contribution in [2.24, 2.45) is 0 Å². The number of hydrogen-bond acceptors (Lipinski definition) is 3. The number of nitrogens with one attached hydrogen (secondary N) is 1. The Bertz CT molecular complexity index is 825. The molecule has 2 aromatic carbocycles. The minimum atomic E-state index is -0.298. The van der Waals surface area contributed by atoms with Gasteiger partial charge in [0.15, 0.2) is 11.5 Å². The zero-order valence-corrected chi connectivity index (χ0v) is 12.8. The second kappa shape index (κ2) is 6.60. The zero-order chi connectivity index (χ0) is 16.2. The van der Waals surface area contributed by atoms with Crippen LogP contribution in [0, 0.1) is 12.7 Å². The summed E-state index contributed by atoms with van der Waals surface area (Å²) < 4.78 is 18.2. The average molecular weight is 312 g/mol. The largest absolute Gasteiger partial charge is 0.441 e. The summed E-state index contributed by atoms with van der Waals surface area (Å²) >= 11 is 0. The van der Waals surface area contributed by atoms with E-state index in [1.165, 1.54) is 12.1 Å². The van der Waals surface area contributed by atoms with Gasteiger partial charge in [-0.2, -0.15) is 0 Å². The second-order valence-electron chi connectivity index (χ2n) is 5.44. The summed E-state index contributed by atoms with van der Waals surface area (Å²) in [6, 6.07) is 11.8. The predicted octanol–water partition coefficient (Wildman–Crippen LogP) is 3.18. The summed E-state index contributed by atoms with van der Waals surface area (Å²) in [5.74, 6) is 0.271. The number of nitrogens with zero attached hydrogens (tertiary/aromatic N) is 1. The fraction of sp³-hybridized carbons (Fsp3) is 0.222. The van der Waals surface area contributed by atoms with Crippen molar-refractivity contribution in [2.45, 2.75) is 19.8 Å². The molecule has 3 rings (SSSR count). The SMILES string of the molecule is Cc1nc2cc(CCNC(=O)Cc3ccc(F)cc3)ccc2o1. The summed E-state index contributed by atoms with van der Waals surface area (Å²) in [6.45, 7) is 2.36. The number of carbonyl (C=O) groups is 1. The lowest BCUT2D eigenvalue weighted by molar-refractivity contribution is -0.120. The van der Waals surface area contributed by atoms with Crippen LogP contribution in [0.4, 0.5) is 4.39 Å². The molecule has 1 heterocycles. The van der Waals surface area contributed by atoms with Crippen molar-refractivity contribution in [1.82, 2.24) is 10.3 Å². The van der Waals surface area contributed by atoms with E-state index in [1.54, 1.807) is 12.1 Å². The van der Waals surface area contributed by atoms with Crippen molar-refractivity contribution in [2.75, 3.05) is 6.54 Å². The lowest BCUT2D eigenvalue weighted by atomic mass is 10.1. The molecule has 0 aliphatic heterocycles. The van der Waals surface area contributed by atoms with Gasteiger partial charge in [0.2, 0.25) is 5.91 Å². The van der Waals surface area contributed by atoms with E-state index in [0.29, 0.717) is 12.4 Å². The van der Waals surface area contributed by atoms with Crippen LogP contribution in [0.1, 0.15) is 17.0 Å². The van der Waals surface area contributed by atoms with E-state index < -0.39 is 0 Å². The minimum absolute atomic E-state index is 0.0741. The highest BCUT2D eigenvalue weighted by Crippen LogP contribution is 2.16. The van der Waals surface area contributed by atoms with E-state index in [9.17, 15) is 9.18 Å². The molecule has 0 aliphatic carbocycles. The monoisotopic (exact) mass is 312 g/mol. The quantitative estimate of drug-likeness (QED) is 0.787. The van der Waals surface area contributed by atoms with Gasteiger partial charge in [-0.1, -0.05) is 18.2 Å². The van der Waals surface area contributed by atoms with Gasteiger partial charge in [0, 0.05) is 13.5 Å². The maximum atomic E-state index is 12.8. The Morgan fingerprint density at radius 3 is 2.70 bits per heavy atom. The van der Waals surface area contributed by atoms with Crippen LogP contribution < -0.4 is 5.32 Å². The van der Waals surface area contributed by atoms with Crippen LogP contribution in [-0.2, 0) is 17.6 Å². The molecule has 0 saturated carbocycles. The van der Waals surface area contributed by atoms with Crippen LogP contribution in [0.2, 0.25) is 0 Å². The summed E-state index contributed by atoms with van der Waals surface area (Å²) in [5.41, 5.74) is 3.49. The number of rotatable bonds is 5. The van der Waals surface area contributed by atoms with Gasteiger partial charge in [0.1, 0.15) is 11.3 Å². The summed E-state index contributed by atoms with van der Waals surface area (Å²) in [4.78, 5) is 16.2. The fourth-order valence-electron chi connectivity index (χ4n) is 2.44. The molecular formula is C18H17FN2O2. The number of aryl methyl sites for hydroxylation is 1. The van der Waals surface area contributed by atoms with Crippen LogP contribution in [0.5, 0.6) is 0 Å². The molecule has 4 nitrogen and oxygen atoms in total. The van der Waals surface area contributed by atoms with E-state index in [-0.39, 0.29) is 18.1 Å². The van der Waals surface area contributed by atoms with Crippen molar-refractivity contribution in [3.05, 3.63) is 65.3 Å². The maximum absolute atomic E-state index is 12.8. The zero-order valence-electron chi connectivity index (χ0n) is 12.8. The van der Waals surface area contributed by atoms with Gasteiger partial charge in [-0.05, 0) is 41.8 Å². The number of halogens is 1. The first-order valence-corrected chi connectivity index (χ1v) is 7.47. The van der Waals surface area contributed by atoms with Crippen LogP contribution in [0.3, 0.4) is 0 Å². The molecule has 23 heavy (non-hydrogen) atoms. The molecule has 1 aromatic heterocycles. The number of amides is 1. The lowest BCUT2D eigenvalue weighted by Crippen LogP contribution is -2.27. The van der Waals surface area contributed by atoms with Crippen LogP contribution in [0.25, 0.3) is 11.1 Å². The Morgan fingerprint density at radius 1 is 1.17 bits per heavy atom. The topological polar surface area (TPSA) is 55.1 Å². The molecule has 0 bridgehead atoms. The smallest absolute Gasteiger partial charge is 0.224 e. The summed E-state index contributed by atoms with van der Waals surface area (Å²) in [5, 5.41) is 2.87. The number of hydrogen-bond donors (Lipinski definition) is 1. The van der Waals surface area contributed by atoms with E-state index in [0.717, 1.165) is 28.6 Å². The Morgan fingerprint density at radius 2 is 1.91 bits per heavy atom. The van der Waals surface area contributed by atoms with Gasteiger partial charge >= 0.3 is 0 Å². The Hall–Kier alpha value is -2.69. The fourth-order valence-corrected chi connectivity index (χ4v) is 2.44. The average Bonchev–Trinajstić information content (AvgIpc) is 2.89. The lowest BCUT2D eigenvalue weighted by Gasteiger charge is -2.05. The number of aromatic nitrogens is 1. The molecule has 0 unspecified atom stereocenters.